The molecule has 2 aromatic heterocycles. The normalized spacial score (nSPS) is 10.7. The van der Waals surface area contributed by atoms with E-state index in [1.807, 2.05) is 0 Å². The second kappa shape index (κ2) is 6.20. The van der Waals surface area contributed by atoms with Gasteiger partial charge in [-0.05, 0) is 24.4 Å². The molecule has 0 saturated carbocycles. The molecule has 2 heterocycles. The van der Waals surface area contributed by atoms with Crippen LogP contribution in [0.15, 0.2) is 34.4 Å². The number of nitrogens with one attached hydrogen (secondary N) is 1. The van der Waals surface area contributed by atoms with Crippen molar-refractivity contribution in [2.24, 2.45) is 0 Å². The first-order chi connectivity index (χ1) is 11.5. The number of aromatic nitrogens is 2. The first-order valence-corrected chi connectivity index (χ1v) is 7.72. The fourth-order valence-corrected chi connectivity index (χ4v) is 2.87. The van der Waals surface area contributed by atoms with E-state index in [2.05, 4.69) is 9.97 Å². The summed E-state index contributed by atoms with van der Waals surface area (Å²) >= 11 is 1.27. The van der Waals surface area contributed by atoms with Crippen LogP contribution in [0.3, 0.4) is 0 Å². The minimum absolute atomic E-state index is 0.0614. The summed E-state index contributed by atoms with van der Waals surface area (Å²) in [4.78, 5) is 41.0. The van der Waals surface area contributed by atoms with Crippen LogP contribution in [0.2, 0.25) is 0 Å². The molecule has 0 fully saturated rings. The van der Waals surface area contributed by atoms with Crippen molar-refractivity contribution in [3.05, 3.63) is 67.1 Å². The summed E-state index contributed by atoms with van der Waals surface area (Å²) in [5.74, 6) is -0.521. The standard InChI is InChI=1S/C15H11N3O5S/c1-8-2-3-9(6-11(8)18(21)22)15(20)23-7-12-16-10-4-5-24-13(10)14(19)17-12/h2-6H,7H2,1H3,(H,16,17,19). The molecular weight excluding hydrogens is 334 g/mol. The molecule has 0 saturated heterocycles. The van der Waals surface area contributed by atoms with E-state index in [9.17, 15) is 19.7 Å². The first-order valence-electron chi connectivity index (χ1n) is 6.84. The molecule has 1 aromatic carbocycles. The van der Waals surface area contributed by atoms with Crippen LogP contribution < -0.4 is 5.56 Å². The monoisotopic (exact) mass is 345 g/mol. The second-order valence-corrected chi connectivity index (χ2v) is 5.90. The predicted octanol–water partition coefficient (Wildman–Crippen LogP) is 2.56. The molecule has 3 aromatic rings. The van der Waals surface area contributed by atoms with Crippen molar-refractivity contribution in [1.29, 1.82) is 0 Å². The van der Waals surface area contributed by atoms with Gasteiger partial charge < -0.3 is 9.72 Å². The fourth-order valence-electron chi connectivity index (χ4n) is 2.14. The molecule has 0 atom stereocenters. The zero-order valence-corrected chi connectivity index (χ0v) is 13.3. The van der Waals surface area contributed by atoms with Crippen LogP contribution in [-0.2, 0) is 11.3 Å². The third kappa shape index (κ3) is 3.01. The van der Waals surface area contributed by atoms with E-state index in [1.54, 1.807) is 18.4 Å². The van der Waals surface area contributed by atoms with Crippen LogP contribution in [0.4, 0.5) is 5.69 Å². The van der Waals surface area contributed by atoms with Gasteiger partial charge in [0.05, 0.1) is 16.0 Å². The van der Waals surface area contributed by atoms with Gasteiger partial charge in [0.15, 0.2) is 0 Å². The smallest absolute Gasteiger partial charge is 0.338 e. The van der Waals surface area contributed by atoms with Gasteiger partial charge in [-0.3, -0.25) is 14.9 Å². The molecule has 0 radical (unpaired) electrons. The summed E-state index contributed by atoms with van der Waals surface area (Å²) in [7, 11) is 0. The van der Waals surface area contributed by atoms with Crippen LogP contribution in [0.25, 0.3) is 10.2 Å². The number of hydrogen-bond acceptors (Lipinski definition) is 7. The van der Waals surface area contributed by atoms with Crippen molar-refractivity contribution in [2.75, 3.05) is 0 Å². The lowest BCUT2D eigenvalue weighted by Gasteiger charge is -2.05. The number of thiophene rings is 1. The Morgan fingerprint density at radius 1 is 1.42 bits per heavy atom. The van der Waals surface area contributed by atoms with E-state index in [0.29, 0.717) is 15.8 Å². The van der Waals surface area contributed by atoms with Gasteiger partial charge in [0.25, 0.3) is 11.2 Å². The SMILES string of the molecule is Cc1ccc(C(=O)OCc2nc3ccsc3c(=O)[nH]2)cc1[N+](=O)[O-]. The van der Waals surface area contributed by atoms with E-state index in [1.165, 1.54) is 23.5 Å². The third-order valence-corrected chi connectivity index (χ3v) is 4.25. The number of aryl methyl sites for hydroxylation is 1. The van der Waals surface area contributed by atoms with Gasteiger partial charge in [0, 0.05) is 11.6 Å². The summed E-state index contributed by atoms with van der Waals surface area (Å²) in [5.41, 5.74) is 0.584. The fraction of sp³-hybridized carbons (Fsp3) is 0.133. The number of rotatable bonds is 4. The Labute approximate surface area is 138 Å². The van der Waals surface area contributed by atoms with E-state index in [4.69, 9.17) is 4.74 Å². The molecular formula is C15H11N3O5S. The first kappa shape index (κ1) is 15.8. The number of nitro benzene ring substituents is 1. The van der Waals surface area contributed by atoms with Gasteiger partial charge in [-0.25, -0.2) is 9.78 Å². The van der Waals surface area contributed by atoms with Crippen molar-refractivity contribution in [2.45, 2.75) is 13.5 Å². The third-order valence-electron chi connectivity index (χ3n) is 3.35. The van der Waals surface area contributed by atoms with Crippen LogP contribution in [0.1, 0.15) is 21.7 Å². The highest BCUT2D eigenvalue weighted by molar-refractivity contribution is 7.17. The summed E-state index contributed by atoms with van der Waals surface area (Å²) in [6.07, 6.45) is 0. The molecule has 1 N–H and O–H groups in total. The quantitative estimate of drug-likeness (QED) is 0.441. The lowest BCUT2D eigenvalue weighted by Crippen LogP contribution is -2.13. The number of nitro groups is 1. The van der Waals surface area contributed by atoms with Gasteiger partial charge in [-0.1, -0.05) is 6.07 Å². The van der Waals surface area contributed by atoms with Crippen LogP contribution in [-0.4, -0.2) is 20.9 Å². The molecule has 0 aliphatic heterocycles. The Morgan fingerprint density at radius 2 is 2.21 bits per heavy atom. The van der Waals surface area contributed by atoms with E-state index < -0.39 is 10.9 Å². The number of carbonyl (C=O) groups excluding carboxylic acids is 1. The molecule has 0 spiro atoms. The molecule has 9 heteroatoms. The number of carbonyl (C=O) groups is 1. The summed E-state index contributed by atoms with van der Waals surface area (Å²) in [6.45, 7) is 1.35. The molecule has 122 valence electrons. The summed E-state index contributed by atoms with van der Waals surface area (Å²) in [6, 6.07) is 5.79. The predicted molar refractivity (Wildman–Crippen MR) is 87.2 cm³/mol. The molecule has 0 bridgehead atoms. The number of nitrogens with zero attached hydrogens (tertiary/aromatic N) is 2. The molecule has 0 amide bonds. The lowest BCUT2D eigenvalue weighted by molar-refractivity contribution is -0.385. The second-order valence-electron chi connectivity index (χ2n) is 4.98. The van der Waals surface area contributed by atoms with Crippen molar-refractivity contribution < 1.29 is 14.5 Å². The Hall–Kier alpha value is -3.07. The molecule has 8 nitrogen and oxygen atoms in total. The average Bonchev–Trinajstić information content (AvgIpc) is 3.02. The van der Waals surface area contributed by atoms with Gasteiger partial charge in [0.1, 0.15) is 17.1 Å². The maximum atomic E-state index is 12.0. The number of fused-ring (bicyclic) bond motifs is 1. The Morgan fingerprint density at radius 3 is 2.96 bits per heavy atom. The number of hydrogen-bond donors (Lipinski definition) is 1. The largest absolute Gasteiger partial charge is 0.454 e. The number of H-pyrrole nitrogens is 1. The maximum Gasteiger partial charge on any atom is 0.338 e. The molecule has 24 heavy (non-hydrogen) atoms. The minimum Gasteiger partial charge on any atom is -0.454 e. The molecule has 3 rings (SSSR count). The highest BCUT2D eigenvalue weighted by Gasteiger charge is 2.16. The summed E-state index contributed by atoms with van der Waals surface area (Å²) in [5, 5.41) is 12.7. The number of ether oxygens (including phenoxy) is 1. The Kier molecular flexibility index (Phi) is 4.09. The maximum absolute atomic E-state index is 12.0. The van der Waals surface area contributed by atoms with Crippen LogP contribution >= 0.6 is 11.3 Å². The number of benzene rings is 1. The molecule has 0 aliphatic carbocycles. The van der Waals surface area contributed by atoms with Gasteiger partial charge in [0.2, 0.25) is 0 Å². The van der Waals surface area contributed by atoms with Gasteiger partial charge >= 0.3 is 5.97 Å². The molecule has 0 aliphatic rings. The van der Waals surface area contributed by atoms with Gasteiger partial charge in [-0.2, -0.15) is 0 Å². The minimum atomic E-state index is -0.730. The van der Waals surface area contributed by atoms with Crippen LogP contribution in [0, 0.1) is 17.0 Å². The van der Waals surface area contributed by atoms with Crippen molar-refractivity contribution in [3.8, 4) is 0 Å². The number of esters is 1. The topological polar surface area (TPSA) is 115 Å². The zero-order valence-electron chi connectivity index (χ0n) is 12.4. The highest BCUT2D eigenvalue weighted by atomic mass is 32.1. The van der Waals surface area contributed by atoms with Gasteiger partial charge in [-0.15, -0.1) is 11.3 Å². The highest BCUT2D eigenvalue weighted by Crippen LogP contribution is 2.20. The molecule has 0 unspecified atom stereocenters. The zero-order chi connectivity index (χ0) is 17.3. The Bertz CT molecular complexity index is 1010. The number of aromatic amines is 1. The van der Waals surface area contributed by atoms with E-state index in [0.717, 1.165) is 6.07 Å². The van der Waals surface area contributed by atoms with Crippen LogP contribution in [0.5, 0.6) is 0 Å². The average molecular weight is 345 g/mol. The Balaban J connectivity index is 1.78. The van der Waals surface area contributed by atoms with Crippen molar-refractivity contribution in [1.82, 2.24) is 9.97 Å². The summed E-state index contributed by atoms with van der Waals surface area (Å²) < 4.78 is 5.58. The van der Waals surface area contributed by atoms with Crippen molar-refractivity contribution in [3.63, 3.8) is 0 Å². The lowest BCUT2D eigenvalue weighted by atomic mass is 10.1. The van der Waals surface area contributed by atoms with Crippen molar-refractivity contribution >= 4 is 33.2 Å². The van der Waals surface area contributed by atoms with E-state index >= 15 is 0 Å². The van der Waals surface area contributed by atoms with E-state index in [-0.39, 0.29) is 29.2 Å².